The number of rotatable bonds is 9. The Hall–Kier alpha value is 0.651. The first-order valence-electron chi connectivity index (χ1n) is 8.78. The minimum atomic E-state index is -5.05. The van der Waals surface area contributed by atoms with Gasteiger partial charge in [0.15, 0.2) is 0 Å². The summed E-state index contributed by atoms with van der Waals surface area (Å²) in [7, 11) is -3.94. The number of hydrogen-bond donors (Lipinski definition) is 2. The Morgan fingerprint density at radius 3 is 1.40 bits per heavy atom. The fourth-order valence-electron chi connectivity index (χ4n) is 1.79. The van der Waals surface area contributed by atoms with Crippen LogP contribution in [0.5, 0.6) is 0 Å². The molecule has 0 aromatic heterocycles. The Morgan fingerprint density at radius 1 is 0.760 bits per heavy atom. The van der Waals surface area contributed by atoms with Crippen molar-refractivity contribution in [3.63, 3.8) is 0 Å². The molecule has 0 spiro atoms. The molecule has 2 N–H and O–H groups in total. The van der Waals surface area contributed by atoms with Crippen LogP contribution in [-0.4, -0.2) is 39.8 Å². The molecule has 0 heterocycles. The summed E-state index contributed by atoms with van der Waals surface area (Å²) < 4.78 is 49.7. The average Bonchev–Trinajstić information content (AvgIpc) is 2.18. The normalized spacial score (nSPS) is 14.9. The molecule has 7 nitrogen and oxygen atoms in total. The van der Waals surface area contributed by atoms with Gasteiger partial charge in [0.05, 0.1) is 0 Å². The molecule has 25 heavy (non-hydrogen) atoms. The molecule has 0 atom stereocenters. The van der Waals surface area contributed by atoms with E-state index in [0.29, 0.717) is 6.42 Å². The Bertz CT molecular complexity index is 356. The molecule has 0 aliphatic rings. The zero-order chi connectivity index (χ0) is 20.2. The van der Waals surface area contributed by atoms with Crippen LogP contribution in [0.4, 0.5) is 0 Å². The van der Waals surface area contributed by atoms with Crippen LogP contribution in [-0.2, 0) is 37.7 Å². The molecule has 9 heteroatoms. The molecule has 0 saturated carbocycles. The van der Waals surface area contributed by atoms with Crippen molar-refractivity contribution in [2.45, 2.75) is 98.9 Å². The van der Waals surface area contributed by atoms with E-state index in [1.54, 1.807) is 0 Å². The van der Waals surface area contributed by atoms with E-state index in [2.05, 4.69) is 0 Å². The molecule has 0 aliphatic carbocycles. The molecule has 0 aromatic rings. The van der Waals surface area contributed by atoms with Crippen LogP contribution in [0.1, 0.15) is 82.1 Å². The second-order valence-electron chi connectivity index (χ2n) is 9.00. The summed E-state index contributed by atoms with van der Waals surface area (Å²) in [6.07, 6.45) is 1.57. The molecular formula is C16H38O7SiTi. The van der Waals surface area contributed by atoms with Gasteiger partial charge in [-0.25, -0.2) is 0 Å². The average molecular weight is 418 g/mol. The molecule has 152 valence electrons. The van der Waals surface area contributed by atoms with Gasteiger partial charge < -0.3 is 0 Å². The summed E-state index contributed by atoms with van der Waals surface area (Å²) in [6.45, 7) is 18.7. The maximum absolute atomic E-state index is 10.4. The van der Waals surface area contributed by atoms with Gasteiger partial charge in [0.25, 0.3) is 0 Å². The van der Waals surface area contributed by atoms with Crippen LogP contribution in [0.25, 0.3) is 0 Å². The van der Waals surface area contributed by atoms with Crippen molar-refractivity contribution in [3.05, 3.63) is 0 Å². The fourth-order valence-corrected chi connectivity index (χ4v) is 7.70. The quantitative estimate of drug-likeness (QED) is 0.438. The van der Waals surface area contributed by atoms with Crippen molar-refractivity contribution in [1.29, 1.82) is 0 Å². The van der Waals surface area contributed by atoms with Crippen LogP contribution in [0.3, 0.4) is 0 Å². The van der Waals surface area contributed by atoms with E-state index in [-0.39, 0.29) is 6.61 Å². The summed E-state index contributed by atoms with van der Waals surface area (Å²) in [4.78, 5) is 0. The molecular weight excluding hydrogens is 380 g/mol. The number of hydrogen-bond acceptors (Lipinski definition) is 7. The molecule has 0 aromatic carbocycles. The van der Waals surface area contributed by atoms with Gasteiger partial charge in [0.2, 0.25) is 0 Å². The first kappa shape index (κ1) is 25.7. The van der Waals surface area contributed by atoms with Crippen molar-refractivity contribution in [2.75, 3.05) is 6.61 Å². The standard InChI is InChI=1S/C12H27O4Si.C4H9O.2H2O.Ti/c1-10(2,3)14-17(13,15-11(4,5)6)16-12(7,8)9;1-2-3-4-5;;;/h1-9H3;2-4H2,1H3;2*1H2;/q2*-1;;;+4/p-2. The second kappa shape index (κ2) is 9.23. The molecule has 0 rings (SSSR count). The van der Waals surface area contributed by atoms with Crippen LogP contribution in [0.2, 0.25) is 0 Å². The number of unbranched alkanes of at least 4 members (excludes halogenated alkanes) is 1. The SMILES string of the molecule is CCCC[O][Ti]([OH])([OH])[O][Si](OC(C)(C)C)(OC(C)(C)C)OC(C)(C)C. The van der Waals surface area contributed by atoms with Gasteiger partial charge in [-0.3, -0.25) is 0 Å². The molecule has 0 fully saturated rings. The van der Waals surface area contributed by atoms with Crippen LogP contribution < -0.4 is 0 Å². The van der Waals surface area contributed by atoms with E-state index >= 15 is 0 Å². The Labute approximate surface area is 159 Å². The van der Waals surface area contributed by atoms with Gasteiger partial charge in [-0.1, -0.05) is 0 Å². The zero-order valence-corrected chi connectivity index (χ0v) is 20.1. The van der Waals surface area contributed by atoms with E-state index in [1.165, 1.54) is 0 Å². The van der Waals surface area contributed by atoms with Gasteiger partial charge in [0, 0.05) is 0 Å². The summed E-state index contributed by atoms with van der Waals surface area (Å²) in [6, 6.07) is 0. The Balaban J connectivity index is 5.71. The first-order valence-corrected chi connectivity index (χ1v) is 13.1. The minimum absolute atomic E-state index is 0.203. The third kappa shape index (κ3) is 13.5. The Morgan fingerprint density at radius 2 is 1.12 bits per heavy atom. The van der Waals surface area contributed by atoms with E-state index < -0.39 is 44.0 Å². The van der Waals surface area contributed by atoms with Crippen molar-refractivity contribution in [3.8, 4) is 0 Å². The second-order valence-corrected chi connectivity index (χ2v) is 13.9. The monoisotopic (exact) mass is 418 g/mol. The van der Waals surface area contributed by atoms with E-state index in [9.17, 15) is 7.38 Å². The van der Waals surface area contributed by atoms with Crippen molar-refractivity contribution >= 4 is 9.05 Å². The van der Waals surface area contributed by atoms with Crippen molar-refractivity contribution in [1.82, 2.24) is 0 Å². The Kier molecular flexibility index (Phi) is 9.47. The third-order valence-corrected chi connectivity index (χ3v) is 8.77. The summed E-state index contributed by atoms with van der Waals surface area (Å²) in [5.74, 6) is 0. The van der Waals surface area contributed by atoms with Crippen LogP contribution >= 0.6 is 0 Å². The first-order chi connectivity index (χ1) is 10.9. The van der Waals surface area contributed by atoms with E-state index in [4.69, 9.17) is 19.6 Å². The van der Waals surface area contributed by atoms with Crippen molar-refractivity contribution in [2.24, 2.45) is 0 Å². The van der Waals surface area contributed by atoms with Gasteiger partial charge in [-0.15, -0.1) is 0 Å². The molecule has 0 unspecified atom stereocenters. The molecule has 0 amide bonds. The molecule has 0 saturated heterocycles. The van der Waals surface area contributed by atoms with Crippen LogP contribution in [0, 0.1) is 0 Å². The van der Waals surface area contributed by atoms with Gasteiger partial charge in [-0.2, -0.15) is 0 Å². The molecule has 0 bridgehead atoms. The predicted molar refractivity (Wildman–Crippen MR) is 94.7 cm³/mol. The molecule has 0 aliphatic heterocycles. The van der Waals surface area contributed by atoms with Gasteiger partial charge in [-0.05, 0) is 0 Å². The van der Waals surface area contributed by atoms with E-state index in [1.807, 2.05) is 69.2 Å². The van der Waals surface area contributed by atoms with Gasteiger partial charge in [0.1, 0.15) is 0 Å². The van der Waals surface area contributed by atoms with Crippen molar-refractivity contribution < 1.29 is 45.1 Å². The fraction of sp³-hybridized carbons (Fsp3) is 1.00. The molecule has 0 radical (unpaired) electrons. The van der Waals surface area contributed by atoms with Gasteiger partial charge >= 0.3 is 160 Å². The topological polar surface area (TPSA) is 86.6 Å². The summed E-state index contributed by atoms with van der Waals surface area (Å²) >= 11 is -5.05. The van der Waals surface area contributed by atoms with Crippen LogP contribution in [0.15, 0.2) is 0 Å². The summed E-state index contributed by atoms with van der Waals surface area (Å²) in [5.41, 5.74) is -2.03. The summed E-state index contributed by atoms with van der Waals surface area (Å²) in [5, 5.41) is 0. The maximum atomic E-state index is 10.4. The van der Waals surface area contributed by atoms with E-state index in [0.717, 1.165) is 6.42 Å². The third-order valence-electron chi connectivity index (χ3n) is 2.34. The zero-order valence-electron chi connectivity index (χ0n) is 17.6. The predicted octanol–water partition coefficient (Wildman–Crippen LogP) is 3.50.